The number of para-hydroxylation sites is 2. The van der Waals surface area contributed by atoms with Gasteiger partial charge in [-0.25, -0.2) is 0 Å². The van der Waals surface area contributed by atoms with E-state index in [1.807, 2.05) is 49.5 Å². The van der Waals surface area contributed by atoms with Crippen molar-refractivity contribution in [1.29, 1.82) is 0 Å². The molecule has 0 aromatic heterocycles. The Bertz CT molecular complexity index is 426. The summed E-state index contributed by atoms with van der Waals surface area (Å²) in [6.07, 6.45) is 1.85. The second-order valence-corrected chi connectivity index (χ2v) is 3.92. The maximum atomic E-state index is 5.67. The van der Waals surface area contributed by atoms with Gasteiger partial charge in [0.25, 0.3) is 0 Å². The molecule has 3 nitrogen and oxygen atoms in total. The third kappa shape index (κ3) is 2.10. The molecule has 1 aromatic rings. The molecule has 0 saturated carbocycles. The maximum Gasteiger partial charge on any atom is 0.177 e. The fraction of sp³-hybridized carbons (Fsp3) is 0.182. The first kappa shape index (κ1) is 9.98. The summed E-state index contributed by atoms with van der Waals surface area (Å²) < 4.78 is 5.67. The molecule has 0 amide bonds. The SMILES string of the molecule is CN(C)C=C1Oc2ccccc2NC1=S. The van der Waals surface area contributed by atoms with Crippen molar-refractivity contribution in [3.8, 4) is 5.75 Å². The van der Waals surface area contributed by atoms with Gasteiger partial charge >= 0.3 is 0 Å². The Kier molecular flexibility index (Phi) is 2.60. The lowest BCUT2D eigenvalue weighted by molar-refractivity contribution is 0.428. The quantitative estimate of drug-likeness (QED) is 0.579. The largest absolute Gasteiger partial charge is 0.451 e. The molecule has 1 heterocycles. The van der Waals surface area contributed by atoms with Crippen LogP contribution in [-0.2, 0) is 0 Å². The number of nitrogens with zero attached hydrogens (tertiary/aromatic N) is 1. The molecule has 4 heteroatoms. The molecule has 0 aliphatic carbocycles. The van der Waals surface area contributed by atoms with Gasteiger partial charge in [-0.05, 0) is 12.1 Å². The van der Waals surface area contributed by atoms with Gasteiger partial charge in [-0.15, -0.1) is 0 Å². The van der Waals surface area contributed by atoms with E-state index in [0.29, 0.717) is 10.7 Å². The van der Waals surface area contributed by atoms with Gasteiger partial charge in [-0.3, -0.25) is 0 Å². The van der Waals surface area contributed by atoms with E-state index in [4.69, 9.17) is 17.0 Å². The summed E-state index contributed by atoms with van der Waals surface area (Å²) in [7, 11) is 3.86. The smallest absolute Gasteiger partial charge is 0.177 e. The van der Waals surface area contributed by atoms with Crippen molar-refractivity contribution in [2.24, 2.45) is 0 Å². The molecule has 0 saturated heterocycles. The molecule has 78 valence electrons. The van der Waals surface area contributed by atoms with E-state index in [9.17, 15) is 0 Å². The van der Waals surface area contributed by atoms with Crippen molar-refractivity contribution in [3.05, 3.63) is 36.2 Å². The van der Waals surface area contributed by atoms with Crippen LogP contribution < -0.4 is 10.1 Å². The second-order valence-electron chi connectivity index (χ2n) is 3.51. The summed E-state index contributed by atoms with van der Waals surface area (Å²) in [6.45, 7) is 0. The van der Waals surface area contributed by atoms with Gasteiger partial charge in [0.05, 0.1) is 5.69 Å². The van der Waals surface area contributed by atoms with Crippen molar-refractivity contribution < 1.29 is 4.74 Å². The zero-order valence-corrected chi connectivity index (χ0v) is 9.47. The number of hydrogen-bond donors (Lipinski definition) is 1. The molecule has 2 rings (SSSR count). The van der Waals surface area contributed by atoms with E-state index >= 15 is 0 Å². The van der Waals surface area contributed by atoms with E-state index in [2.05, 4.69) is 5.32 Å². The van der Waals surface area contributed by atoms with Crippen LogP contribution in [0.2, 0.25) is 0 Å². The molecule has 1 aromatic carbocycles. The highest BCUT2D eigenvalue weighted by atomic mass is 32.1. The standard InChI is InChI=1S/C11H12N2OS/c1-13(2)7-10-11(15)12-8-5-3-4-6-9(8)14-10/h3-7H,1-2H3,(H,12,15). The molecule has 1 aliphatic rings. The lowest BCUT2D eigenvalue weighted by atomic mass is 10.2. The Morgan fingerprint density at radius 3 is 2.80 bits per heavy atom. The summed E-state index contributed by atoms with van der Waals surface area (Å²) in [6, 6.07) is 7.72. The van der Waals surface area contributed by atoms with Crippen molar-refractivity contribution in [2.45, 2.75) is 0 Å². The first-order valence-electron chi connectivity index (χ1n) is 4.63. The first-order valence-corrected chi connectivity index (χ1v) is 5.04. The Morgan fingerprint density at radius 2 is 2.07 bits per heavy atom. The van der Waals surface area contributed by atoms with Crippen molar-refractivity contribution in [2.75, 3.05) is 19.4 Å². The second kappa shape index (κ2) is 3.90. The normalized spacial score (nSPS) is 16.7. The Morgan fingerprint density at radius 1 is 1.33 bits per heavy atom. The zero-order valence-electron chi connectivity index (χ0n) is 8.65. The van der Waals surface area contributed by atoms with Crippen LogP contribution in [0.4, 0.5) is 5.69 Å². The zero-order chi connectivity index (χ0) is 10.8. The fourth-order valence-corrected chi connectivity index (χ4v) is 1.53. The van der Waals surface area contributed by atoms with Gasteiger partial charge in [-0.1, -0.05) is 24.4 Å². The van der Waals surface area contributed by atoms with Crippen molar-refractivity contribution >= 4 is 22.9 Å². The lowest BCUT2D eigenvalue weighted by Crippen LogP contribution is -2.23. The monoisotopic (exact) mass is 220 g/mol. The number of ether oxygens (including phenoxy) is 1. The molecule has 15 heavy (non-hydrogen) atoms. The third-order valence-electron chi connectivity index (χ3n) is 1.95. The highest BCUT2D eigenvalue weighted by Crippen LogP contribution is 2.30. The van der Waals surface area contributed by atoms with Gasteiger partial charge in [0, 0.05) is 20.3 Å². The number of benzene rings is 1. The highest BCUT2D eigenvalue weighted by Gasteiger charge is 2.18. The highest BCUT2D eigenvalue weighted by molar-refractivity contribution is 7.81. The predicted octanol–water partition coefficient (Wildman–Crippen LogP) is 2.22. The summed E-state index contributed by atoms with van der Waals surface area (Å²) in [5.74, 6) is 1.48. The fourth-order valence-electron chi connectivity index (χ4n) is 1.33. The van der Waals surface area contributed by atoms with Crippen LogP contribution in [0.1, 0.15) is 0 Å². The van der Waals surface area contributed by atoms with Crippen LogP contribution in [0.25, 0.3) is 0 Å². The van der Waals surface area contributed by atoms with Gasteiger partial charge in [0.15, 0.2) is 11.5 Å². The van der Waals surface area contributed by atoms with Crippen LogP contribution in [0.15, 0.2) is 36.2 Å². The first-order chi connectivity index (χ1) is 7.16. The number of thiocarbonyl (C=S) groups is 1. The Balaban J connectivity index is 2.34. The van der Waals surface area contributed by atoms with Gasteiger partial charge < -0.3 is 15.0 Å². The van der Waals surface area contributed by atoms with Crippen LogP contribution >= 0.6 is 12.2 Å². The van der Waals surface area contributed by atoms with Crippen LogP contribution in [-0.4, -0.2) is 24.0 Å². The summed E-state index contributed by atoms with van der Waals surface area (Å²) in [5.41, 5.74) is 0.915. The number of hydrogen-bond acceptors (Lipinski definition) is 3. The minimum atomic E-state index is 0.613. The number of nitrogens with one attached hydrogen (secondary N) is 1. The minimum absolute atomic E-state index is 0.613. The minimum Gasteiger partial charge on any atom is -0.451 e. The molecular weight excluding hydrogens is 208 g/mol. The summed E-state index contributed by atoms with van der Waals surface area (Å²) >= 11 is 5.19. The van der Waals surface area contributed by atoms with E-state index in [-0.39, 0.29) is 0 Å². The number of fused-ring (bicyclic) bond motifs is 1. The van der Waals surface area contributed by atoms with E-state index in [0.717, 1.165) is 11.4 Å². The molecule has 0 bridgehead atoms. The Hall–Kier alpha value is -1.55. The summed E-state index contributed by atoms with van der Waals surface area (Å²) in [4.78, 5) is 2.51. The van der Waals surface area contributed by atoms with Crippen LogP contribution in [0.3, 0.4) is 0 Å². The average molecular weight is 220 g/mol. The molecule has 0 unspecified atom stereocenters. The van der Waals surface area contributed by atoms with Crippen LogP contribution in [0, 0.1) is 0 Å². The summed E-state index contributed by atoms with van der Waals surface area (Å²) in [5, 5.41) is 3.13. The van der Waals surface area contributed by atoms with Gasteiger partial charge in [0.2, 0.25) is 0 Å². The average Bonchev–Trinajstić information content (AvgIpc) is 2.18. The topological polar surface area (TPSA) is 24.5 Å². The van der Waals surface area contributed by atoms with E-state index in [1.165, 1.54) is 0 Å². The van der Waals surface area contributed by atoms with E-state index in [1.54, 1.807) is 0 Å². The van der Waals surface area contributed by atoms with E-state index < -0.39 is 0 Å². The third-order valence-corrected chi connectivity index (χ3v) is 2.26. The molecule has 1 N–H and O–H groups in total. The molecule has 0 fully saturated rings. The van der Waals surface area contributed by atoms with Crippen LogP contribution in [0.5, 0.6) is 5.75 Å². The number of anilines is 1. The number of rotatable bonds is 1. The molecule has 0 atom stereocenters. The molecule has 1 aliphatic heterocycles. The molecule has 0 radical (unpaired) electrons. The van der Waals surface area contributed by atoms with Crippen molar-refractivity contribution in [3.63, 3.8) is 0 Å². The van der Waals surface area contributed by atoms with Crippen molar-refractivity contribution in [1.82, 2.24) is 4.90 Å². The lowest BCUT2D eigenvalue weighted by Gasteiger charge is -2.22. The molecule has 0 spiro atoms. The molecular formula is C11H12N2OS. The maximum absolute atomic E-state index is 5.67. The van der Waals surface area contributed by atoms with Gasteiger partial charge in [0.1, 0.15) is 4.99 Å². The predicted molar refractivity (Wildman–Crippen MR) is 65.1 cm³/mol. The van der Waals surface area contributed by atoms with Gasteiger partial charge in [-0.2, -0.15) is 0 Å². The Labute approximate surface area is 94.3 Å².